The number of carbonyl (C=O) groups is 1. The lowest BCUT2D eigenvalue weighted by atomic mass is 10.2. The molecule has 0 aliphatic rings. The van der Waals surface area contributed by atoms with Gasteiger partial charge in [0.1, 0.15) is 0 Å². The van der Waals surface area contributed by atoms with Gasteiger partial charge in [0.05, 0.1) is 22.5 Å². The molecule has 2 aromatic carbocycles. The molecule has 0 bridgehead atoms. The Labute approximate surface area is 206 Å². The van der Waals surface area contributed by atoms with E-state index in [0.29, 0.717) is 11.0 Å². The lowest BCUT2D eigenvalue weighted by Crippen LogP contribution is -2.20. The number of halogens is 1. The molecule has 0 spiro atoms. The van der Waals surface area contributed by atoms with Gasteiger partial charge in [-0.05, 0) is 42.5 Å². The number of rotatable bonds is 8. The molecular weight excluding hydrogens is 522 g/mol. The largest absolute Gasteiger partial charge is 0.278 e. The van der Waals surface area contributed by atoms with Crippen molar-refractivity contribution in [3.63, 3.8) is 0 Å². The third kappa shape index (κ3) is 5.53. The van der Waals surface area contributed by atoms with Crippen LogP contribution < -0.4 is 5.43 Å². The van der Waals surface area contributed by atoms with E-state index >= 15 is 0 Å². The van der Waals surface area contributed by atoms with Gasteiger partial charge in [0.15, 0.2) is 11.0 Å². The molecule has 0 aliphatic carbocycles. The van der Waals surface area contributed by atoms with E-state index in [1.54, 1.807) is 30.6 Å². The summed E-state index contributed by atoms with van der Waals surface area (Å²) < 4.78 is 2.79. The van der Waals surface area contributed by atoms with Crippen LogP contribution in [-0.4, -0.2) is 42.5 Å². The van der Waals surface area contributed by atoms with E-state index in [4.69, 9.17) is 0 Å². The van der Waals surface area contributed by atoms with E-state index in [1.165, 1.54) is 24.0 Å². The third-order valence-corrected chi connectivity index (χ3v) is 5.97. The van der Waals surface area contributed by atoms with Crippen LogP contribution in [0, 0.1) is 10.1 Å². The Morgan fingerprint density at radius 1 is 1.12 bits per heavy atom. The number of nitrogens with zero attached hydrogens (tertiary/aromatic N) is 6. The molecule has 0 fully saturated rings. The fourth-order valence-corrected chi connectivity index (χ4v) is 3.98. The lowest BCUT2D eigenvalue weighted by Gasteiger charge is -2.10. The number of amides is 1. The maximum Gasteiger partial charge on any atom is 0.278 e. The second-order valence-corrected chi connectivity index (χ2v) is 8.61. The minimum Gasteiger partial charge on any atom is -0.272 e. The molecule has 34 heavy (non-hydrogen) atoms. The number of hydrazone groups is 1. The Kier molecular flexibility index (Phi) is 7.40. The molecule has 12 heteroatoms. The minimum atomic E-state index is -0.506. The first-order valence-electron chi connectivity index (χ1n) is 9.83. The minimum absolute atomic E-state index is 0.0131. The maximum atomic E-state index is 12.3. The van der Waals surface area contributed by atoms with Gasteiger partial charge in [-0.1, -0.05) is 39.8 Å². The van der Waals surface area contributed by atoms with E-state index in [2.05, 4.69) is 41.6 Å². The van der Waals surface area contributed by atoms with Crippen LogP contribution in [0.25, 0.3) is 17.1 Å². The van der Waals surface area contributed by atoms with Crippen molar-refractivity contribution >= 4 is 45.5 Å². The van der Waals surface area contributed by atoms with Crippen LogP contribution in [0.2, 0.25) is 0 Å². The van der Waals surface area contributed by atoms with Gasteiger partial charge in [-0.25, -0.2) is 5.43 Å². The molecule has 170 valence electrons. The summed E-state index contributed by atoms with van der Waals surface area (Å²) in [5, 5.41) is 24.0. The van der Waals surface area contributed by atoms with E-state index in [0.717, 1.165) is 15.7 Å². The maximum absolute atomic E-state index is 12.3. The monoisotopic (exact) mass is 537 g/mol. The number of nitro groups is 1. The molecule has 0 atom stereocenters. The summed E-state index contributed by atoms with van der Waals surface area (Å²) in [6.45, 7) is 0. The molecule has 10 nitrogen and oxygen atoms in total. The summed E-state index contributed by atoms with van der Waals surface area (Å²) in [4.78, 5) is 27.0. The van der Waals surface area contributed by atoms with Crippen LogP contribution in [0.1, 0.15) is 5.56 Å². The van der Waals surface area contributed by atoms with Crippen LogP contribution in [0.5, 0.6) is 0 Å². The average molecular weight is 538 g/mol. The first kappa shape index (κ1) is 23.3. The van der Waals surface area contributed by atoms with Crippen molar-refractivity contribution < 1.29 is 9.72 Å². The molecular formula is C22H16BrN7O3S. The highest BCUT2D eigenvalue weighted by Gasteiger charge is 2.17. The number of hydrogen-bond donors (Lipinski definition) is 1. The lowest BCUT2D eigenvalue weighted by molar-refractivity contribution is -0.385. The Bertz CT molecular complexity index is 1340. The van der Waals surface area contributed by atoms with Crippen molar-refractivity contribution in [3.8, 4) is 17.1 Å². The molecule has 0 aliphatic heterocycles. The normalized spacial score (nSPS) is 11.0. The van der Waals surface area contributed by atoms with Gasteiger partial charge in [0.25, 0.3) is 11.6 Å². The van der Waals surface area contributed by atoms with Crippen molar-refractivity contribution in [2.45, 2.75) is 5.16 Å². The van der Waals surface area contributed by atoms with Gasteiger partial charge in [0.2, 0.25) is 0 Å². The average Bonchev–Trinajstić information content (AvgIpc) is 3.28. The predicted octanol–water partition coefficient (Wildman–Crippen LogP) is 4.24. The summed E-state index contributed by atoms with van der Waals surface area (Å²) >= 11 is 4.63. The zero-order chi connectivity index (χ0) is 23.9. The number of aromatic nitrogens is 4. The summed E-state index contributed by atoms with van der Waals surface area (Å²) in [5.74, 6) is 0.233. The Hall–Kier alpha value is -3.90. The molecule has 2 heterocycles. The van der Waals surface area contributed by atoms with Crippen molar-refractivity contribution in [3.05, 3.63) is 93.2 Å². The number of hydrogen-bond acceptors (Lipinski definition) is 8. The van der Waals surface area contributed by atoms with Gasteiger partial charge < -0.3 is 0 Å². The number of nitrogens with one attached hydrogen (secondary N) is 1. The molecule has 4 aromatic rings. The highest BCUT2D eigenvalue weighted by molar-refractivity contribution is 9.10. The molecule has 0 unspecified atom stereocenters. The number of nitro benzene ring substituents is 1. The van der Waals surface area contributed by atoms with Crippen molar-refractivity contribution in [1.29, 1.82) is 0 Å². The third-order valence-electron chi connectivity index (χ3n) is 4.52. The highest BCUT2D eigenvalue weighted by atomic mass is 79.9. The van der Waals surface area contributed by atoms with Crippen LogP contribution in [0.15, 0.2) is 87.8 Å². The SMILES string of the molecule is O=C(CSc1nnc(-c2ccncc2)n1-c1ccc(Br)cc1)NN=Cc1ccccc1[N+](=O)[O-]. The van der Waals surface area contributed by atoms with Gasteiger partial charge in [-0.15, -0.1) is 10.2 Å². The van der Waals surface area contributed by atoms with Crippen LogP contribution in [-0.2, 0) is 4.79 Å². The van der Waals surface area contributed by atoms with Gasteiger partial charge >= 0.3 is 0 Å². The molecule has 2 aromatic heterocycles. The Morgan fingerprint density at radius 2 is 1.85 bits per heavy atom. The fourth-order valence-electron chi connectivity index (χ4n) is 2.97. The van der Waals surface area contributed by atoms with Gasteiger partial charge in [-0.2, -0.15) is 5.10 Å². The van der Waals surface area contributed by atoms with E-state index in [9.17, 15) is 14.9 Å². The first-order valence-corrected chi connectivity index (χ1v) is 11.6. The van der Waals surface area contributed by atoms with Gasteiger partial charge in [0, 0.05) is 34.2 Å². The quantitative estimate of drug-likeness (QED) is 0.154. The van der Waals surface area contributed by atoms with E-state index < -0.39 is 10.8 Å². The number of para-hydroxylation sites is 1. The molecule has 1 amide bonds. The van der Waals surface area contributed by atoms with Crippen LogP contribution >= 0.6 is 27.7 Å². The standard InChI is InChI=1S/C22H16BrN7O3S/c23-17-5-7-18(8-6-17)29-21(15-9-11-24-12-10-15)27-28-22(29)34-14-20(31)26-25-13-16-3-1-2-4-19(16)30(32)33/h1-13H,14H2,(H,26,31). The Balaban J connectivity index is 1.50. The topological polar surface area (TPSA) is 128 Å². The van der Waals surface area contributed by atoms with Crippen LogP contribution in [0.3, 0.4) is 0 Å². The van der Waals surface area contributed by atoms with E-state index in [-0.39, 0.29) is 17.0 Å². The smallest absolute Gasteiger partial charge is 0.272 e. The van der Waals surface area contributed by atoms with E-state index in [1.807, 2.05) is 41.0 Å². The number of benzene rings is 2. The molecule has 0 radical (unpaired) electrons. The first-order chi connectivity index (χ1) is 16.5. The molecule has 4 rings (SSSR count). The summed E-state index contributed by atoms with van der Waals surface area (Å²) in [6.07, 6.45) is 4.59. The summed E-state index contributed by atoms with van der Waals surface area (Å²) in [6, 6.07) is 17.4. The fraction of sp³-hybridized carbons (Fsp3) is 0.0455. The number of pyridine rings is 1. The van der Waals surface area contributed by atoms with Crippen molar-refractivity contribution in [2.75, 3.05) is 5.75 Å². The number of thioether (sulfide) groups is 1. The molecule has 0 saturated heterocycles. The van der Waals surface area contributed by atoms with Gasteiger partial charge in [-0.3, -0.25) is 24.5 Å². The summed E-state index contributed by atoms with van der Waals surface area (Å²) in [7, 11) is 0. The zero-order valence-electron chi connectivity index (χ0n) is 17.4. The van der Waals surface area contributed by atoms with Crippen molar-refractivity contribution in [1.82, 2.24) is 25.2 Å². The second kappa shape index (κ2) is 10.8. The second-order valence-electron chi connectivity index (χ2n) is 6.75. The molecule has 0 saturated carbocycles. The van der Waals surface area contributed by atoms with Crippen molar-refractivity contribution in [2.24, 2.45) is 5.10 Å². The van der Waals surface area contributed by atoms with Crippen LogP contribution in [0.4, 0.5) is 5.69 Å². The number of carbonyl (C=O) groups excluding carboxylic acids is 1. The Morgan fingerprint density at radius 3 is 2.59 bits per heavy atom. The predicted molar refractivity (Wildman–Crippen MR) is 132 cm³/mol. The highest BCUT2D eigenvalue weighted by Crippen LogP contribution is 2.28. The zero-order valence-corrected chi connectivity index (χ0v) is 19.8. The molecule has 1 N–H and O–H groups in total. The summed E-state index contributed by atoms with van der Waals surface area (Å²) in [5.41, 5.74) is 4.24.